The van der Waals surface area contributed by atoms with Crippen molar-refractivity contribution in [2.45, 2.75) is 45.3 Å². The average molecular weight is 288 g/mol. The molecule has 0 aliphatic carbocycles. The minimum Gasteiger partial charge on any atom is -0.460 e. The lowest BCUT2D eigenvalue weighted by molar-refractivity contribution is 0.168. The molecular weight excluding hydrogens is 264 g/mol. The van der Waals surface area contributed by atoms with Gasteiger partial charge in [-0.2, -0.15) is 5.10 Å². The molecule has 0 bridgehead atoms. The Morgan fingerprint density at radius 3 is 3.05 bits per heavy atom. The number of hydrogen-bond donors (Lipinski definition) is 2. The second-order valence-corrected chi connectivity index (χ2v) is 6.11. The van der Waals surface area contributed by atoms with E-state index < -0.39 is 0 Å². The van der Waals surface area contributed by atoms with Gasteiger partial charge >= 0.3 is 0 Å². The van der Waals surface area contributed by atoms with E-state index in [1.54, 1.807) is 0 Å². The molecule has 0 saturated carbocycles. The summed E-state index contributed by atoms with van der Waals surface area (Å²) >= 11 is 0. The third-order valence-electron chi connectivity index (χ3n) is 4.49. The van der Waals surface area contributed by atoms with Gasteiger partial charge in [0, 0.05) is 24.2 Å². The molecule has 0 aromatic carbocycles. The van der Waals surface area contributed by atoms with Crippen molar-refractivity contribution < 1.29 is 4.42 Å². The van der Waals surface area contributed by atoms with Crippen LogP contribution in [-0.2, 0) is 6.54 Å². The average Bonchev–Trinajstić information content (AvgIpc) is 3.08. The van der Waals surface area contributed by atoms with Gasteiger partial charge in [0.2, 0.25) is 0 Å². The van der Waals surface area contributed by atoms with Crippen LogP contribution in [0.5, 0.6) is 0 Å². The number of nitrogens with one attached hydrogen (secondary N) is 2. The number of aryl methyl sites for hydroxylation is 1. The van der Waals surface area contributed by atoms with Crippen molar-refractivity contribution >= 4 is 0 Å². The Hall–Kier alpha value is -1.59. The summed E-state index contributed by atoms with van der Waals surface area (Å²) < 4.78 is 5.69. The van der Waals surface area contributed by atoms with Crippen LogP contribution in [0.3, 0.4) is 0 Å². The molecule has 1 aliphatic heterocycles. The van der Waals surface area contributed by atoms with E-state index in [2.05, 4.69) is 34.4 Å². The van der Waals surface area contributed by atoms with Gasteiger partial charge in [0.15, 0.2) is 5.76 Å². The SMILES string of the molecule is Cc1ccc(-c2[nH]ncc2CNC2CCN(C)C(C)C2)o1. The predicted molar refractivity (Wildman–Crippen MR) is 83.0 cm³/mol. The molecule has 1 saturated heterocycles. The molecule has 5 nitrogen and oxygen atoms in total. The molecule has 1 fully saturated rings. The number of hydrogen-bond acceptors (Lipinski definition) is 4. The Balaban J connectivity index is 1.63. The van der Waals surface area contributed by atoms with E-state index in [-0.39, 0.29) is 0 Å². The summed E-state index contributed by atoms with van der Waals surface area (Å²) in [6, 6.07) is 5.20. The largest absolute Gasteiger partial charge is 0.460 e. The molecule has 2 unspecified atom stereocenters. The van der Waals surface area contributed by atoms with Crippen LogP contribution in [0.1, 0.15) is 31.1 Å². The molecule has 21 heavy (non-hydrogen) atoms. The summed E-state index contributed by atoms with van der Waals surface area (Å²) in [5, 5.41) is 10.9. The van der Waals surface area contributed by atoms with Crippen molar-refractivity contribution in [2.75, 3.05) is 13.6 Å². The number of nitrogens with zero attached hydrogens (tertiary/aromatic N) is 2. The van der Waals surface area contributed by atoms with Gasteiger partial charge in [-0.05, 0) is 52.4 Å². The third kappa shape index (κ3) is 3.19. The number of likely N-dealkylation sites (tertiary alicyclic amines) is 1. The summed E-state index contributed by atoms with van der Waals surface area (Å²) in [7, 11) is 2.20. The summed E-state index contributed by atoms with van der Waals surface area (Å²) in [5.41, 5.74) is 2.15. The summed E-state index contributed by atoms with van der Waals surface area (Å²) in [4.78, 5) is 2.42. The molecule has 2 atom stereocenters. The summed E-state index contributed by atoms with van der Waals surface area (Å²) in [6.45, 7) is 6.24. The lowest BCUT2D eigenvalue weighted by Crippen LogP contribution is -2.45. The van der Waals surface area contributed by atoms with Crippen molar-refractivity contribution in [1.29, 1.82) is 0 Å². The molecule has 3 rings (SSSR count). The number of rotatable bonds is 4. The van der Waals surface area contributed by atoms with Gasteiger partial charge in [0.05, 0.1) is 6.20 Å². The van der Waals surface area contributed by atoms with Gasteiger partial charge in [-0.15, -0.1) is 0 Å². The zero-order valence-electron chi connectivity index (χ0n) is 13.0. The highest BCUT2D eigenvalue weighted by Gasteiger charge is 2.22. The van der Waals surface area contributed by atoms with E-state index >= 15 is 0 Å². The maximum atomic E-state index is 5.69. The number of piperidine rings is 1. The number of H-pyrrole nitrogens is 1. The van der Waals surface area contributed by atoms with Crippen LogP contribution in [0.25, 0.3) is 11.5 Å². The maximum Gasteiger partial charge on any atom is 0.152 e. The van der Waals surface area contributed by atoms with Crippen LogP contribution in [0, 0.1) is 6.92 Å². The second-order valence-electron chi connectivity index (χ2n) is 6.11. The zero-order valence-corrected chi connectivity index (χ0v) is 13.0. The molecule has 1 aliphatic rings. The molecule has 3 heterocycles. The van der Waals surface area contributed by atoms with E-state index in [0.717, 1.165) is 35.9 Å². The Morgan fingerprint density at radius 1 is 1.48 bits per heavy atom. The first-order valence-electron chi connectivity index (χ1n) is 7.66. The lowest BCUT2D eigenvalue weighted by Gasteiger charge is -2.35. The fourth-order valence-electron chi connectivity index (χ4n) is 2.96. The highest BCUT2D eigenvalue weighted by Crippen LogP contribution is 2.24. The van der Waals surface area contributed by atoms with Crippen molar-refractivity contribution in [3.8, 4) is 11.5 Å². The van der Waals surface area contributed by atoms with Crippen LogP contribution >= 0.6 is 0 Å². The quantitative estimate of drug-likeness (QED) is 0.908. The summed E-state index contributed by atoms with van der Waals surface area (Å²) in [5.74, 6) is 1.78. The monoisotopic (exact) mass is 288 g/mol. The van der Waals surface area contributed by atoms with Crippen LogP contribution in [0.4, 0.5) is 0 Å². The van der Waals surface area contributed by atoms with Gasteiger partial charge in [-0.1, -0.05) is 0 Å². The van der Waals surface area contributed by atoms with Gasteiger partial charge in [-0.25, -0.2) is 0 Å². The molecule has 0 amide bonds. The highest BCUT2D eigenvalue weighted by molar-refractivity contribution is 5.56. The van der Waals surface area contributed by atoms with Crippen molar-refractivity contribution in [3.05, 3.63) is 29.7 Å². The lowest BCUT2D eigenvalue weighted by atomic mass is 9.99. The topological polar surface area (TPSA) is 57.1 Å². The predicted octanol–water partition coefficient (Wildman–Crippen LogP) is 2.55. The first kappa shape index (κ1) is 14.4. The Labute approximate surface area is 125 Å². The standard InChI is InChI=1S/C16H24N4O/c1-11-8-14(6-7-20(11)3)17-9-13-10-18-19-16(13)15-5-4-12(2)21-15/h4-5,10-11,14,17H,6-9H2,1-3H3,(H,18,19). The molecule has 114 valence electrons. The normalized spacial score (nSPS) is 23.6. The fraction of sp³-hybridized carbons (Fsp3) is 0.562. The van der Waals surface area contributed by atoms with Crippen LogP contribution in [0.15, 0.2) is 22.7 Å². The smallest absolute Gasteiger partial charge is 0.152 e. The number of aromatic nitrogens is 2. The Bertz CT molecular complexity index is 589. The van der Waals surface area contributed by atoms with Gasteiger partial charge in [0.1, 0.15) is 11.5 Å². The minimum absolute atomic E-state index is 0.581. The van der Waals surface area contributed by atoms with Crippen LogP contribution in [0.2, 0.25) is 0 Å². The van der Waals surface area contributed by atoms with E-state index in [1.807, 2.05) is 25.3 Å². The van der Waals surface area contributed by atoms with Crippen LogP contribution in [-0.4, -0.2) is 40.8 Å². The molecular formula is C16H24N4O. The maximum absolute atomic E-state index is 5.69. The van der Waals surface area contributed by atoms with E-state index in [0.29, 0.717) is 12.1 Å². The number of furan rings is 1. The first-order valence-corrected chi connectivity index (χ1v) is 7.66. The van der Waals surface area contributed by atoms with E-state index in [4.69, 9.17) is 4.42 Å². The van der Waals surface area contributed by atoms with Crippen molar-refractivity contribution in [3.63, 3.8) is 0 Å². The van der Waals surface area contributed by atoms with E-state index in [1.165, 1.54) is 12.8 Å². The Morgan fingerprint density at radius 2 is 2.33 bits per heavy atom. The molecule has 2 aromatic rings. The zero-order chi connectivity index (χ0) is 14.8. The second kappa shape index (κ2) is 6.03. The molecule has 0 spiro atoms. The van der Waals surface area contributed by atoms with Crippen LogP contribution < -0.4 is 5.32 Å². The van der Waals surface area contributed by atoms with Crippen molar-refractivity contribution in [2.24, 2.45) is 0 Å². The Kier molecular flexibility index (Phi) is 4.12. The molecule has 2 aromatic heterocycles. The van der Waals surface area contributed by atoms with Gasteiger partial charge in [-0.3, -0.25) is 5.10 Å². The summed E-state index contributed by atoms with van der Waals surface area (Å²) in [6.07, 6.45) is 4.29. The minimum atomic E-state index is 0.581. The van der Waals surface area contributed by atoms with Gasteiger partial charge < -0.3 is 14.6 Å². The molecule has 5 heteroatoms. The van der Waals surface area contributed by atoms with Gasteiger partial charge in [0.25, 0.3) is 0 Å². The van der Waals surface area contributed by atoms with E-state index in [9.17, 15) is 0 Å². The first-order chi connectivity index (χ1) is 10.1. The number of aromatic amines is 1. The molecule has 2 N–H and O–H groups in total. The fourth-order valence-corrected chi connectivity index (χ4v) is 2.96. The highest BCUT2D eigenvalue weighted by atomic mass is 16.3. The van der Waals surface area contributed by atoms with Crippen molar-refractivity contribution in [1.82, 2.24) is 20.4 Å². The third-order valence-corrected chi connectivity index (χ3v) is 4.49. The molecule has 0 radical (unpaired) electrons.